The van der Waals surface area contributed by atoms with Gasteiger partial charge in [0.2, 0.25) is 0 Å². The average Bonchev–Trinajstić information content (AvgIpc) is 2.13. The third-order valence-electron chi connectivity index (χ3n) is 4.73. The molecule has 4 aliphatic carbocycles. The van der Waals surface area contributed by atoms with Crippen LogP contribution in [0, 0.1) is 17.8 Å². The maximum absolute atomic E-state index is 11.7. The van der Waals surface area contributed by atoms with E-state index < -0.39 is 0 Å². The summed E-state index contributed by atoms with van der Waals surface area (Å²) in [5.41, 5.74) is 0.0828. The Hall–Kier alpha value is -0.770. The number of hydrogen-bond donors (Lipinski definition) is 2. The SMILES string of the molecule is CN(N)C(=O)NC12CC3CC(CC(C3)C1)C2. The number of hydrogen-bond acceptors (Lipinski definition) is 2. The van der Waals surface area contributed by atoms with Gasteiger partial charge >= 0.3 is 6.03 Å². The van der Waals surface area contributed by atoms with E-state index in [1.807, 2.05) is 0 Å². The summed E-state index contributed by atoms with van der Waals surface area (Å²) in [5, 5.41) is 4.35. The molecule has 0 aromatic rings. The fourth-order valence-electron chi connectivity index (χ4n) is 4.58. The quantitative estimate of drug-likeness (QED) is 0.402. The number of carbonyl (C=O) groups is 1. The Balaban J connectivity index is 1.76. The Morgan fingerprint density at radius 2 is 1.62 bits per heavy atom. The fourth-order valence-corrected chi connectivity index (χ4v) is 4.58. The first-order valence-electron chi connectivity index (χ1n) is 6.37. The molecule has 0 saturated heterocycles. The minimum atomic E-state index is -0.123. The summed E-state index contributed by atoms with van der Waals surface area (Å²) in [5.74, 6) is 8.05. The van der Waals surface area contributed by atoms with Crippen LogP contribution in [0.15, 0.2) is 0 Å². The molecule has 16 heavy (non-hydrogen) atoms. The van der Waals surface area contributed by atoms with E-state index in [9.17, 15) is 4.79 Å². The number of amides is 2. The smallest absolute Gasteiger partial charge is 0.331 e. The number of carbonyl (C=O) groups excluding carboxylic acids is 1. The minimum Gasteiger partial charge on any atom is -0.331 e. The second-order valence-corrected chi connectivity index (χ2v) is 6.24. The van der Waals surface area contributed by atoms with Crippen molar-refractivity contribution < 1.29 is 4.79 Å². The van der Waals surface area contributed by atoms with Crippen molar-refractivity contribution in [1.29, 1.82) is 0 Å². The number of nitrogens with two attached hydrogens (primary N) is 1. The lowest BCUT2D eigenvalue weighted by Gasteiger charge is -2.56. The maximum atomic E-state index is 11.7. The van der Waals surface area contributed by atoms with Crippen LogP contribution < -0.4 is 11.2 Å². The molecule has 90 valence electrons. The molecule has 0 radical (unpaired) electrons. The number of rotatable bonds is 1. The first kappa shape index (κ1) is 10.4. The largest absolute Gasteiger partial charge is 0.331 e. The summed E-state index contributed by atoms with van der Waals surface area (Å²) < 4.78 is 0. The minimum absolute atomic E-state index is 0.0828. The number of hydrazine groups is 1. The summed E-state index contributed by atoms with van der Waals surface area (Å²) >= 11 is 0. The Labute approximate surface area is 96.5 Å². The molecule has 4 rings (SSSR count). The topological polar surface area (TPSA) is 58.4 Å². The summed E-state index contributed by atoms with van der Waals surface area (Å²) in [4.78, 5) is 11.7. The van der Waals surface area contributed by atoms with Gasteiger partial charge < -0.3 is 5.32 Å². The van der Waals surface area contributed by atoms with Crippen LogP contribution in [0.4, 0.5) is 4.79 Å². The molecule has 0 heterocycles. The molecule has 4 nitrogen and oxygen atoms in total. The number of nitrogens with one attached hydrogen (secondary N) is 1. The van der Waals surface area contributed by atoms with Crippen LogP contribution in [0.5, 0.6) is 0 Å². The summed E-state index contributed by atoms with van der Waals surface area (Å²) in [7, 11) is 1.61. The highest BCUT2D eigenvalue weighted by molar-refractivity contribution is 5.74. The van der Waals surface area contributed by atoms with Crippen molar-refractivity contribution in [1.82, 2.24) is 10.3 Å². The van der Waals surface area contributed by atoms with Gasteiger partial charge in [0.1, 0.15) is 0 Å². The molecule has 4 saturated carbocycles. The van der Waals surface area contributed by atoms with Gasteiger partial charge in [0.05, 0.1) is 0 Å². The Kier molecular flexibility index (Phi) is 2.18. The number of urea groups is 1. The van der Waals surface area contributed by atoms with Gasteiger partial charge in [-0.1, -0.05) is 0 Å². The van der Waals surface area contributed by atoms with Crippen molar-refractivity contribution in [3.63, 3.8) is 0 Å². The van der Waals surface area contributed by atoms with E-state index in [4.69, 9.17) is 5.84 Å². The maximum Gasteiger partial charge on any atom is 0.331 e. The third kappa shape index (κ3) is 1.59. The fraction of sp³-hybridized carbons (Fsp3) is 0.917. The van der Waals surface area contributed by atoms with Crippen molar-refractivity contribution >= 4 is 6.03 Å². The highest BCUT2D eigenvalue weighted by Crippen LogP contribution is 2.55. The lowest BCUT2D eigenvalue weighted by atomic mass is 9.53. The van der Waals surface area contributed by atoms with Gasteiger partial charge in [-0.15, -0.1) is 0 Å². The lowest BCUT2D eigenvalue weighted by Crippen LogP contribution is -2.62. The first-order valence-corrected chi connectivity index (χ1v) is 6.37. The first-order chi connectivity index (χ1) is 7.56. The van der Waals surface area contributed by atoms with Crippen LogP contribution in [-0.4, -0.2) is 23.6 Å². The van der Waals surface area contributed by atoms with Gasteiger partial charge in [0.25, 0.3) is 0 Å². The van der Waals surface area contributed by atoms with Gasteiger partial charge in [-0.25, -0.2) is 10.6 Å². The standard InChI is InChI=1S/C12H21N3O/c1-15(13)11(16)14-12-5-8-2-9(6-12)4-10(3-8)7-12/h8-10H,2-7,13H2,1H3,(H,14,16). The van der Waals surface area contributed by atoms with Gasteiger partial charge in [0, 0.05) is 12.6 Å². The average molecular weight is 223 g/mol. The molecular weight excluding hydrogens is 202 g/mol. The van der Waals surface area contributed by atoms with E-state index in [0.29, 0.717) is 0 Å². The molecule has 3 N–H and O–H groups in total. The zero-order valence-electron chi connectivity index (χ0n) is 9.91. The number of nitrogens with zero attached hydrogens (tertiary/aromatic N) is 1. The van der Waals surface area contributed by atoms with Gasteiger partial charge in [-0.2, -0.15) is 0 Å². The second-order valence-electron chi connectivity index (χ2n) is 6.24. The molecule has 0 atom stereocenters. The molecule has 0 unspecified atom stereocenters. The van der Waals surface area contributed by atoms with Crippen LogP contribution in [-0.2, 0) is 0 Å². The molecular formula is C12H21N3O. The van der Waals surface area contributed by atoms with Crippen LogP contribution >= 0.6 is 0 Å². The zero-order chi connectivity index (χ0) is 11.3. The van der Waals surface area contributed by atoms with Crippen molar-refractivity contribution in [3.05, 3.63) is 0 Å². The molecule has 4 heteroatoms. The van der Waals surface area contributed by atoms with E-state index in [1.54, 1.807) is 7.05 Å². The molecule has 0 aromatic heterocycles. The molecule has 0 aromatic carbocycles. The molecule has 4 aliphatic rings. The van der Waals surface area contributed by atoms with Crippen LogP contribution in [0.1, 0.15) is 38.5 Å². The van der Waals surface area contributed by atoms with Crippen molar-refractivity contribution in [2.24, 2.45) is 23.6 Å². The Morgan fingerprint density at radius 3 is 2.00 bits per heavy atom. The van der Waals surface area contributed by atoms with Crippen LogP contribution in [0.2, 0.25) is 0 Å². The third-order valence-corrected chi connectivity index (χ3v) is 4.73. The van der Waals surface area contributed by atoms with E-state index in [-0.39, 0.29) is 11.6 Å². The van der Waals surface area contributed by atoms with Gasteiger partial charge in [-0.05, 0) is 56.3 Å². The predicted octanol–water partition coefficient (Wildman–Crippen LogP) is 1.47. The zero-order valence-corrected chi connectivity index (χ0v) is 9.91. The van der Waals surface area contributed by atoms with Crippen molar-refractivity contribution in [2.75, 3.05) is 7.05 Å². The van der Waals surface area contributed by atoms with Crippen LogP contribution in [0.3, 0.4) is 0 Å². The Bertz CT molecular complexity index is 278. The summed E-state index contributed by atoms with van der Waals surface area (Å²) in [6.07, 6.45) is 7.73. The van der Waals surface area contributed by atoms with E-state index >= 15 is 0 Å². The monoisotopic (exact) mass is 223 g/mol. The molecule has 2 amide bonds. The predicted molar refractivity (Wildman–Crippen MR) is 61.4 cm³/mol. The van der Waals surface area contributed by atoms with Gasteiger partial charge in [-0.3, -0.25) is 5.01 Å². The summed E-state index contributed by atoms with van der Waals surface area (Å²) in [6.45, 7) is 0. The summed E-state index contributed by atoms with van der Waals surface area (Å²) in [6, 6.07) is -0.123. The molecule has 4 fully saturated rings. The molecule has 0 aliphatic heterocycles. The van der Waals surface area contributed by atoms with Crippen molar-refractivity contribution in [3.8, 4) is 0 Å². The van der Waals surface area contributed by atoms with E-state index in [0.717, 1.165) is 17.8 Å². The molecule has 0 spiro atoms. The Morgan fingerprint density at radius 1 is 1.19 bits per heavy atom. The highest BCUT2D eigenvalue weighted by atomic mass is 16.2. The van der Waals surface area contributed by atoms with Crippen LogP contribution in [0.25, 0.3) is 0 Å². The normalized spacial score (nSPS) is 44.5. The van der Waals surface area contributed by atoms with Gasteiger partial charge in [0.15, 0.2) is 0 Å². The molecule has 4 bridgehead atoms. The van der Waals surface area contributed by atoms with Crippen molar-refractivity contribution in [2.45, 2.75) is 44.1 Å². The van der Waals surface area contributed by atoms with E-state index in [2.05, 4.69) is 5.32 Å². The highest BCUT2D eigenvalue weighted by Gasteiger charge is 2.51. The second kappa shape index (κ2) is 3.36. The van der Waals surface area contributed by atoms with E-state index in [1.165, 1.54) is 43.5 Å². The lowest BCUT2D eigenvalue weighted by molar-refractivity contribution is -0.0153.